The van der Waals surface area contributed by atoms with Crippen LogP contribution in [0.1, 0.15) is 26.3 Å². The van der Waals surface area contributed by atoms with Gasteiger partial charge < -0.3 is 20.1 Å². The molecule has 1 heterocycles. The topological polar surface area (TPSA) is 76.7 Å². The average molecular weight is 392 g/mol. The predicted molar refractivity (Wildman–Crippen MR) is 105 cm³/mol. The van der Waals surface area contributed by atoms with Crippen molar-refractivity contribution in [1.82, 2.24) is 5.32 Å². The summed E-state index contributed by atoms with van der Waals surface area (Å²) in [6.45, 7) is 0.499. The van der Waals surface area contributed by atoms with Crippen LogP contribution in [-0.2, 0) is 6.54 Å². The summed E-state index contributed by atoms with van der Waals surface area (Å²) < 4.78 is 23.6. The number of ether oxygens (including phenoxy) is 2. The summed E-state index contributed by atoms with van der Waals surface area (Å²) in [4.78, 5) is 24.9. The van der Waals surface area contributed by atoms with Gasteiger partial charge in [-0.1, -0.05) is 12.1 Å². The molecule has 146 valence electrons. The zero-order chi connectivity index (χ0) is 20.2. The zero-order valence-corrected chi connectivity index (χ0v) is 15.3. The van der Waals surface area contributed by atoms with Gasteiger partial charge in [-0.05, 0) is 60.2 Å². The maximum Gasteiger partial charge on any atom is 0.255 e. The molecule has 0 fully saturated rings. The highest BCUT2D eigenvalue weighted by atomic mass is 19.1. The third-order valence-corrected chi connectivity index (χ3v) is 4.38. The summed E-state index contributed by atoms with van der Waals surface area (Å²) in [6.07, 6.45) is 0. The number of carbonyl (C=O) groups is 2. The van der Waals surface area contributed by atoms with Crippen LogP contribution in [0.5, 0.6) is 11.5 Å². The molecule has 29 heavy (non-hydrogen) atoms. The van der Waals surface area contributed by atoms with E-state index in [0.29, 0.717) is 34.9 Å². The lowest BCUT2D eigenvalue weighted by molar-refractivity contribution is 0.0951. The first-order valence-corrected chi connectivity index (χ1v) is 8.92. The van der Waals surface area contributed by atoms with Crippen LogP contribution in [0, 0.1) is 5.82 Å². The summed E-state index contributed by atoms with van der Waals surface area (Å²) in [6, 6.07) is 17.3. The van der Waals surface area contributed by atoms with Crippen LogP contribution in [0.25, 0.3) is 0 Å². The number of anilines is 1. The quantitative estimate of drug-likeness (QED) is 0.694. The van der Waals surface area contributed by atoms with Gasteiger partial charge in [0, 0.05) is 23.4 Å². The van der Waals surface area contributed by atoms with E-state index in [4.69, 9.17) is 9.47 Å². The van der Waals surface area contributed by atoms with Crippen molar-refractivity contribution < 1.29 is 23.5 Å². The summed E-state index contributed by atoms with van der Waals surface area (Å²) in [5.41, 5.74) is 2.02. The predicted octanol–water partition coefficient (Wildman–Crippen LogP) is 3.74. The molecule has 7 heteroatoms. The van der Waals surface area contributed by atoms with E-state index >= 15 is 0 Å². The molecule has 0 radical (unpaired) electrons. The third kappa shape index (κ3) is 4.35. The van der Waals surface area contributed by atoms with E-state index in [9.17, 15) is 14.0 Å². The highest BCUT2D eigenvalue weighted by molar-refractivity contribution is 6.06. The van der Waals surface area contributed by atoms with E-state index in [1.165, 1.54) is 30.3 Å². The Morgan fingerprint density at radius 2 is 1.59 bits per heavy atom. The van der Waals surface area contributed by atoms with Crippen molar-refractivity contribution in [1.29, 1.82) is 0 Å². The summed E-state index contributed by atoms with van der Waals surface area (Å²) in [5.74, 6) is 0.251. The van der Waals surface area contributed by atoms with Crippen LogP contribution >= 0.6 is 0 Å². The van der Waals surface area contributed by atoms with Crippen molar-refractivity contribution in [3.8, 4) is 11.5 Å². The highest BCUT2D eigenvalue weighted by Crippen LogP contribution is 2.32. The van der Waals surface area contributed by atoms with Crippen molar-refractivity contribution in [2.45, 2.75) is 6.54 Å². The van der Waals surface area contributed by atoms with Crippen LogP contribution in [0.15, 0.2) is 66.7 Å². The SMILES string of the molecule is O=C(NCc1ccc2c(c1)OCO2)c1cccc(C(=O)Nc2ccc(F)cc2)c1. The molecular weight excluding hydrogens is 375 g/mol. The first kappa shape index (κ1) is 18.5. The lowest BCUT2D eigenvalue weighted by atomic mass is 10.1. The highest BCUT2D eigenvalue weighted by Gasteiger charge is 2.14. The maximum absolute atomic E-state index is 13.0. The van der Waals surface area contributed by atoms with Crippen molar-refractivity contribution >= 4 is 17.5 Å². The largest absolute Gasteiger partial charge is 0.454 e. The third-order valence-electron chi connectivity index (χ3n) is 4.38. The molecule has 4 rings (SSSR count). The summed E-state index contributed by atoms with van der Waals surface area (Å²) in [5, 5.41) is 5.49. The first-order chi connectivity index (χ1) is 14.1. The van der Waals surface area contributed by atoms with Crippen molar-refractivity contribution in [2.24, 2.45) is 0 Å². The number of amides is 2. The Labute approximate surface area is 166 Å². The minimum absolute atomic E-state index is 0.192. The number of carbonyl (C=O) groups excluding carboxylic acids is 2. The molecular formula is C22H17FN2O4. The van der Waals surface area contributed by atoms with Gasteiger partial charge in [-0.15, -0.1) is 0 Å². The Kier molecular flexibility index (Phi) is 5.11. The van der Waals surface area contributed by atoms with Crippen molar-refractivity contribution in [3.63, 3.8) is 0 Å². The van der Waals surface area contributed by atoms with E-state index in [-0.39, 0.29) is 24.4 Å². The van der Waals surface area contributed by atoms with E-state index in [1.54, 1.807) is 24.3 Å². The summed E-state index contributed by atoms with van der Waals surface area (Å²) >= 11 is 0. The number of fused-ring (bicyclic) bond motifs is 1. The monoisotopic (exact) mass is 392 g/mol. The fourth-order valence-electron chi connectivity index (χ4n) is 2.87. The van der Waals surface area contributed by atoms with Crippen LogP contribution in [-0.4, -0.2) is 18.6 Å². The molecule has 6 nitrogen and oxygen atoms in total. The molecule has 0 aliphatic carbocycles. The Morgan fingerprint density at radius 3 is 2.38 bits per heavy atom. The van der Waals surface area contributed by atoms with Crippen LogP contribution in [0.2, 0.25) is 0 Å². The standard InChI is InChI=1S/C22H17FN2O4/c23-17-5-7-18(8-6-17)25-22(27)16-3-1-2-15(11-16)21(26)24-12-14-4-9-19-20(10-14)29-13-28-19/h1-11H,12-13H2,(H,24,26)(H,25,27). The zero-order valence-electron chi connectivity index (χ0n) is 15.3. The Bertz CT molecular complexity index is 1070. The molecule has 3 aromatic rings. The van der Waals surface area contributed by atoms with Crippen LogP contribution in [0.3, 0.4) is 0 Å². The van der Waals surface area contributed by atoms with Crippen molar-refractivity contribution in [2.75, 3.05) is 12.1 Å². The second-order valence-corrected chi connectivity index (χ2v) is 6.41. The van der Waals surface area contributed by atoms with Crippen LogP contribution in [0.4, 0.5) is 10.1 Å². The van der Waals surface area contributed by atoms with E-state index < -0.39 is 0 Å². The number of rotatable bonds is 5. The number of hydrogen-bond acceptors (Lipinski definition) is 4. The normalized spacial score (nSPS) is 11.8. The van der Waals surface area contributed by atoms with Gasteiger partial charge in [0.15, 0.2) is 11.5 Å². The molecule has 1 aliphatic heterocycles. The number of halogens is 1. The van der Waals surface area contributed by atoms with Crippen LogP contribution < -0.4 is 20.1 Å². The molecule has 2 N–H and O–H groups in total. The van der Waals surface area contributed by atoms with Crippen molar-refractivity contribution in [3.05, 3.63) is 89.2 Å². The van der Waals surface area contributed by atoms with Gasteiger partial charge >= 0.3 is 0 Å². The molecule has 0 saturated heterocycles. The van der Waals surface area contributed by atoms with E-state index in [0.717, 1.165) is 5.56 Å². The maximum atomic E-state index is 13.0. The lowest BCUT2D eigenvalue weighted by Gasteiger charge is -2.09. The van der Waals surface area contributed by atoms with Gasteiger partial charge in [-0.25, -0.2) is 4.39 Å². The number of benzene rings is 3. The Hall–Kier alpha value is -3.87. The van der Waals surface area contributed by atoms with Gasteiger partial charge in [0.1, 0.15) is 5.82 Å². The average Bonchev–Trinajstić information content (AvgIpc) is 3.21. The molecule has 0 bridgehead atoms. The second-order valence-electron chi connectivity index (χ2n) is 6.41. The molecule has 2 amide bonds. The van der Waals surface area contributed by atoms with Gasteiger partial charge in [0.25, 0.3) is 11.8 Å². The minimum atomic E-state index is -0.387. The number of hydrogen-bond donors (Lipinski definition) is 2. The molecule has 0 atom stereocenters. The fraction of sp³-hybridized carbons (Fsp3) is 0.0909. The van der Waals surface area contributed by atoms with Gasteiger partial charge in [0.05, 0.1) is 0 Å². The molecule has 1 aliphatic rings. The fourth-order valence-corrected chi connectivity index (χ4v) is 2.87. The second kappa shape index (κ2) is 8.02. The molecule has 0 unspecified atom stereocenters. The molecule has 0 saturated carbocycles. The number of nitrogens with one attached hydrogen (secondary N) is 2. The van der Waals surface area contributed by atoms with E-state index in [1.807, 2.05) is 12.1 Å². The van der Waals surface area contributed by atoms with E-state index in [2.05, 4.69) is 10.6 Å². The molecule has 3 aromatic carbocycles. The first-order valence-electron chi connectivity index (χ1n) is 8.92. The van der Waals surface area contributed by atoms with Gasteiger partial charge in [-0.2, -0.15) is 0 Å². The van der Waals surface area contributed by atoms with Gasteiger partial charge in [-0.3, -0.25) is 9.59 Å². The Balaban J connectivity index is 1.40. The Morgan fingerprint density at radius 1 is 0.862 bits per heavy atom. The molecule has 0 aromatic heterocycles. The lowest BCUT2D eigenvalue weighted by Crippen LogP contribution is -2.23. The smallest absolute Gasteiger partial charge is 0.255 e. The molecule has 0 spiro atoms. The summed E-state index contributed by atoms with van der Waals surface area (Å²) in [7, 11) is 0. The van der Waals surface area contributed by atoms with Gasteiger partial charge in [0.2, 0.25) is 6.79 Å². The minimum Gasteiger partial charge on any atom is -0.454 e.